The molecule has 0 unspecified atom stereocenters. The van der Waals surface area contributed by atoms with Gasteiger partial charge in [0.05, 0.1) is 0 Å². The largest absolute Gasteiger partial charge is 0.465 e. The molecule has 0 aromatic heterocycles. The van der Waals surface area contributed by atoms with Gasteiger partial charge in [-0.15, -0.1) is 0 Å². The monoisotopic (exact) mass is 454 g/mol. The van der Waals surface area contributed by atoms with E-state index in [0.717, 1.165) is 30.7 Å². The second-order valence-corrected chi connectivity index (χ2v) is 7.09. The molecule has 0 spiro atoms. The molecular weight excluding hydrogens is 424 g/mol. The van der Waals surface area contributed by atoms with Gasteiger partial charge in [0.1, 0.15) is 0 Å². The Kier molecular flexibility index (Phi) is 10.6. The first-order valence-corrected chi connectivity index (χ1v) is 10.0. The maximum atomic E-state index is 11.6. The van der Waals surface area contributed by atoms with Crippen molar-refractivity contribution in [3.8, 4) is 0 Å². The first kappa shape index (κ1) is 26.3. The summed E-state index contributed by atoms with van der Waals surface area (Å²) < 4.78 is 0. The second kappa shape index (κ2) is 12.9. The fourth-order valence-electron chi connectivity index (χ4n) is 2.88. The number of carboxylic acid groups (broad SMARTS) is 4. The zero-order chi connectivity index (χ0) is 24.3. The van der Waals surface area contributed by atoms with Crippen molar-refractivity contribution in [3.05, 3.63) is 35.4 Å². The van der Waals surface area contributed by atoms with Crippen molar-refractivity contribution in [2.45, 2.75) is 20.4 Å². The fraction of sp³-hybridized carbons (Fsp3) is 0.500. The molecule has 4 amide bonds. The van der Waals surface area contributed by atoms with Gasteiger partial charge in [-0.2, -0.15) is 0 Å². The van der Waals surface area contributed by atoms with Crippen LogP contribution >= 0.6 is 0 Å². The Balaban J connectivity index is 2.68. The van der Waals surface area contributed by atoms with Crippen LogP contribution in [0.15, 0.2) is 24.3 Å². The van der Waals surface area contributed by atoms with Crippen LogP contribution in [0.1, 0.15) is 18.1 Å². The van der Waals surface area contributed by atoms with Gasteiger partial charge in [0.15, 0.2) is 0 Å². The van der Waals surface area contributed by atoms with Crippen molar-refractivity contribution >= 4 is 24.4 Å². The molecule has 0 heterocycles. The average molecular weight is 454 g/mol. The summed E-state index contributed by atoms with van der Waals surface area (Å²) in [6.45, 7) is 3.06. The quantitative estimate of drug-likeness (QED) is 0.374. The van der Waals surface area contributed by atoms with E-state index in [1.165, 1.54) is 0 Å². The van der Waals surface area contributed by atoms with E-state index >= 15 is 0 Å². The predicted octanol–water partition coefficient (Wildman–Crippen LogP) is 2.43. The molecule has 0 aliphatic heterocycles. The van der Waals surface area contributed by atoms with Crippen molar-refractivity contribution < 1.29 is 39.6 Å². The number of hydrogen-bond acceptors (Lipinski definition) is 4. The van der Waals surface area contributed by atoms with Crippen LogP contribution in [0.25, 0.3) is 0 Å². The summed E-state index contributed by atoms with van der Waals surface area (Å²) >= 11 is 0. The van der Waals surface area contributed by atoms with Crippen LogP contribution in [0.5, 0.6) is 0 Å². The third kappa shape index (κ3) is 8.98. The molecule has 32 heavy (non-hydrogen) atoms. The van der Waals surface area contributed by atoms with Gasteiger partial charge in [0.2, 0.25) is 0 Å². The van der Waals surface area contributed by atoms with Crippen LogP contribution in [-0.2, 0) is 6.54 Å². The van der Waals surface area contributed by atoms with Gasteiger partial charge in [0, 0.05) is 52.4 Å². The molecule has 178 valence electrons. The van der Waals surface area contributed by atoms with Gasteiger partial charge >= 0.3 is 24.4 Å². The normalized spacial score (nSPS) is 10.3. The molecule has 0 aliphatic rings. The zero-order valence-electron chi connectivity index (χ0n) is 18.2. The molecule has 12 heteroatoms. The van der Waals surface area contributed by atoms with Crippen molar-refractivity contribution in [1.29, 1.82) is 0 Å². The number of carbonyl (C=O) groups is 4. The van der Waals surface area contributed by atoms with Crippen molar-refractivity contribution in [2.24, 2.45) is 0 Å². The Morgan fingerprint density at radius 3 is 1.31 bits per heavy atom. The number of rotatable bonds is 12. The highest BCUT2D eigenvalue weighted by Gasteiger charge is 2.21. The van der Waals surface area contributed by atoms with Crippen molar-refractivity contribution in [2.75, 3.05) is 45.8 Å². The number of likely N-dealkylation sites (N-methyl/N-ethyl adjacent to an activating group) is 1. The minimum absolute atomic E-state index is 0.0471. The molecule has 0 radical (unpaired) electrons. The van der Waals surface area contributed by atoms with Crippen LogP contribution in [-0.4, -0.2) is 110 Å². The number of amides is 4. The molecule has 0 saturated carbocycles. The molecular formula is C20H30N4O8. The molecule has 0 aliphatic carbocycles. The summed E-state index contributed by atoms with van der Waals surface area (Å²) in [5.41, 5.74) is 1.79. The van der Waals surface area contributed by atoms with Gasteiger partial charge < -0.3 is 40.0 Å². The van der Waals surface area contributed by atoms with Crippen LogP contribution in [0.3, 0.4) is 0 Å². The predicted molar refractivity (Wildman–Crippen MR) is 114 cm³/mol. The number of benzene rings is 1. The Hall–Kier alpha value is -3.70. The maximum absolute atomic E-state index is 11.6. The highest BCUT2D eigenvalue weighted by molar-refractivity contribution is 5.67. The second-order valence-electron chi connectivity index (χ2n) is 7.09. The Morgan fingerprint density at radius 1 is 0.625 bits per heavy atom. The first-order valence-electron chi connectivity index (χ1n) is 10.0. The van der Waals surface area contributed by atoms with Gasteiger partial charge in [-0.1, -0.05) is 29.8 Å². The SMILES string of the molecule is CCN(CCN(CCN(CCN(Cc1ccc(C)cc1)C(=O)O)C(=O)O)C(=O)O)C(=O)O. The van der Waals surface area contributed by atoms with E-state index in [9.17, 15) is 34.5 Å². The molecule has 1 aromatic rings. The summed E-state index contributed by atoms with van der Waals surface area (Å²) in [4.78, 5) is 49.6. The summed E-state index contributed by atoms with van der Waals surface area (Å²) in [5, 5.41) is 37.2. The number of nitrogens with zero attached hydrogens (tertiary/aromatic N) is 4. The lowest BCUT2D eigenvalue weighted by Crippen LogP contribution is -2.46. The van der Waals surface area contributed by atoms with Crippen molar-refractivity contribution in [3.63, 3.8) is 0 Å². The van der Waals surface area contributed by atoms with E-state index in [0.29, 0.717) is 0 Å². The van der Waals surface area contributed by atoms with E-state index in [4.69, 9.17) is 5.11 Å². The molecule has 1 rings (SSSR count). The van der Waals surface area contributed by atoms with E-state index < -0.39 is 24.4 Å². The zero-order valence-corrected chi connectivity index (χ0v) is 18.2. The summed E-state index contributed by atoms with van der Waals surface area (Å²) in [6, 6.07) is 7.29. The lowest BCUT2D eigenvalue weighted by atomic mass is 10.1. The Labute approximate surface area is 185 Å². The minimum atomic E-state index is -1.31. The lowest BCUT2D eigenvalue weighted by molar-refractivity contribution is 0.106. The summed E-state index contributed by atoms with van der Waals surface area (Å²) in [7, 11) is 0. The molecule has 0 fully saturated rings. The van der Waals surface area contributed by atoms with E-state index in [-0.39, 0.29) is 52.4 Å². The molecule has 12 nitrogen and oxygen atoms in total. The van der Waals surface area contributed by atoms with Gasteiger partial charge in [-0.05, 0) is 19.4 Å². The lowest BCUT2D eigenvalue weighted by Gasteiger charge is -2.28. The maximum Gasteiger partial charge on any atom is 0.407 e. The highest BCUT2D eigenvalue weighted by Crippen LogP contribution is 2.08. The molecule has 1 aromatic carbocycles. The van der Waals surface area contributed by atoms with E-state index in [2.05, 4.69) is 0 Å². The number of aryl methyl sites for hydroxylation is 1. The fourth-order valence-corrected chi connectivity index (χ4v) is 2.88. The van der Waals surface area contributed by atoms with Crippen LogP contribution in [0, 0.1) is 6.92 Å². The van der Waals surface area contributed by atoms with E-state index in [1.54, 1.807) is 19.1 Å². The summed E-state index contributed by atoms with van der Waals surface area (Å²) in [5.74, 6) is 0. The van der Waals surface area contributed by atoms with Crippen LogP contribution in [0.2, 0.25) is 0 Å². The third-order valence-electron chi connectivity index (χ3n) is 4.88. The third-order valence-corrected chi connectivity index (χ3v) is 4.88. The molecule has 0 atom stereocenters. The Bertz CT molecular complexity index is 786. The van der Waals surface area contributed by atoms with Crippen LogP contribution < -0.4 is 0 Å². The summed E-state index contributed by atoms with van der Waals surface area (Å²) in [6.07, 6.45) is -4.98. The topological polar surface area (TPSA) is 162 Å². The van der Waals surface area contributed by atoms with E-state index in [1.807, 2.05) is 19.1 Å². The first-order chi connectivity index (χ1) is 15.0. The Morgan fingerprint density at radius 2 is 0.969 bits per heavy atom. The van der Waals surface area contributed by atoms with Gasteiger partial charge in [-0.3, -0.25) is 0 Å². The smallest absolute Gasteiger partial charge is 0.407 e. The molecule has 0 saturated heterocycles. The molecule has 0 bridgehead atoms. The average Bonchev–Trinajstić information content (AvgIpc) is 2.71. The molecule has 4 N–H and O–H groups in total. The minimum Gasteiger partial charge on any atom is -0.465 e. The van der Waals surface area contributed by atoms with Gasteiger partial charge in [-0.25, -0.2) is 19.2 Å². The standard InChI is InChI=1S/C20H30N4O8/c1-3-21(17(25)26)8-9-22(18(27)28)10-11-23(19(29)30)12-13-24(20(31)32)14-16-6-4-15(2)5-7-16/h4-7H,3,8-14H2,1-2H3,(H,25,26)(H,27,28)(H,29,30)(H,31,32). The highest BCUT2D eigenvalue weighted by atomic mass is 16.4. The number of hydrogen-bond donors (Lipinski definition) is 4. The van der Waals surface area contributed by atoms with Crippen molar-refractivity contribution in [1.82, 2.24) is 19.6 Å². The van der Waals surface area contributed by atoms with Crippen LogP contribution in [0.4, 0.5) is 19.2 Å². The van der Waals surface area contributed by atoms with Gasteiger partial charge in [0.25, 0.3) is 0 Å².